The highest BCUT2D eigenvalue weighted by molar-refractivity contribution is 4.94. The fraction of sp³-hybridized carbons (Fsp3) is 0.727. The highest BCUT2D eigenvalue weighted by Crippen LogP contribution is 2.29. The molecule has 0 aromatic carbocycles. The molecule has 86 valence electrons. The summed E-state index contributed by atoms with van der Waals surface area (Å²) < 4.78 is 1.56. The van der Waals surface area contributed by atoms with Gasteiger partial charge in [0.15, 0.2) is 0 Å². The van der Waals surface area contributed by atoms with Crippen LogP contribution < -0.4 is 5.32 Å². The third kappa shape index (κ3) is 2.58. The molecular weight excluding hydrogens is 202 g/mol. The van der Waals surface area contributed by atoms with Crippen LogP contribution in [0, 0.1) is 17.2 Å². The van der Waals surface area contributed by atoms with E-state index in [9.17, 15) is 0 Å². The van der Waals surface area contributed by atoms with Crippen LogP contribution in [-0.2, 0) is 13.1 Å². The normalized spacial score (nSPS) is 17.8. The van der Waals surface area contributed by atoms with E-state index in [4.69, 9.17) is 5.26 Å². The first kappa shape index (κ1) is 11.1. The van der Waals surface area contributed by atoms with Crippen molar-refractivity contribution in [1.82, 2.24) is 20.3 Å². The van der Waals surface area contributed by atoms with Crippen LogP contribution in [0.4, 0.5) is 0 Å². The summed E-state index contributed by atoms with van der Waals surface area (Å²) in [4.78, 5) is 0. The molecule has 5 nitrogen and oxygen atoms in total. The molecule has 1 heterocycles. The van der Waals surface area contributed by atoms with Crippen molar-refractivity contribution >= 4 is 0 Å². The molecule has 0 amide bonds. The van der Waals surface area contributed by atoms with Crippen molar-refractivity contribution in [1.29, 1.82) is 5.26 Å². The second-order valence-electron chi connectivity index (χ2n) is 4.43. The molecule has 1 N–H and O–H groups in total. The molecule has 0 aliphatic heterocycles. The maximum absolute atomic E-state index is 8.51. The summed E-state index contributed by atoms with van der Waals surface area (Å²) >= 11 is 0. The molecule has 16 heavy (non-hydrogen) atoms. The minimum absolute atomic E-state index is 0.269. The van der Waals surface area contributed by atoms with Crippen LogP contribution >= 0.6 is 0 Å². The van der Waals surface area contributed by atoms with E-state index in [0.717, 1.165) is 18.2 Å². The Kier molecular flexibility index (Phi) is 3.52. The molecule has 1 aromatic heterocycles. The van der Waals surface area contributed by atoms with Gasteiger partial charge in [0.1, 0.15) is 6.54 Å². The number of nitriles is 1. The largest absolute Gasteiger partial charge is 0.308 e. The van der Waals surface area contributed by atoms with E-state index >= 15 is 0 Å². The van der Waals surface area contributed by atoms with Gasteiger partial charge in [0.05, 0.1) is 18.0 Å². The maximum Gasteiger partial charge on any atom is 0.129 e. The molecule has 1 unspecified atom stereocenters. The van der Waals surface area contributed by atoms with Crippen molar-refractivity contribution in [3.63, 3.8) is 0 Å². The number of hydrogen-bond acceptors (Lipinski definition) is 4. The van der Waals surface area contributed by atoms with Gasteiger partial charge in [-0.15, -0.1) is 5.10 Å². The van der Waals surface area contributed by atoms with Gasteiger partial charge in [-0.2, -0.15) is 5.26 Å². The van der Waals surface area contributed by atoms with Crippen molar-refractivity contribution in [3.8, 4) is 6.07 Å². The standard InChI is InChI=1S/C11H17N5/c1-9(10-3-2-4-10)13-7-11-8-16(6-5-12)15-14-11/h8-10,13H,2-4,6-7H2,1H3. The summed E-state index contributed by atoms with van der Waals surface area (Å²) in [6.45, 7) is 3.23. The van der Waals surface area contributed by atoms with E-state index < -0.39 is 0 Å². The van der Waals surface area contributed by atoms with E-state index in [1.165, 1.54) is 19.3 Å². The Morgan fingerprint density at radius 1 is 1.69 bits per heavy atom. The van der Waals surface area contributed by atoms with Crippen LogP contribution in [0.3, 0.4) is 0 Å². The van der Waals surface area contributed by atoms with Gasteiger partial charge in [-0.1, -0.05) is 11.6 Å². The lowest BCUT2D eigenvalue weighted by Crippen LogP contribution is -2.36. The molecular formula is C11H17N5. The highest BCUT2D eigenvalue weighted by atomic mass is 15.4. The average molecular weight is 219 g/mol. The Balaban J connectivity index is 1.77. The Hall–Kier alpha value is -1.41. The highest BCUT2D eigenvalue weighted by Gasteiger charge is 2.23. The Morgan fingerprint density at radius 2 is 2.50 bits per heavy atom. The topological polar surface area (TPSA) is 66.5 Å². The van der Waals surface area contributed by atoms with Gasteiger partial charge in [-0.05, 0) is 25.7 Å². The third-order valence-electron chi connectivity index (χ3n) is 3.28. The summed E-state index contributed by atoms with van der Waals surface area (Å²) in [6.07, 6.45) is 5.88. The summed E-state index contributed by atoms with van der Waals surface area (Å²) in [6, 6.07) is 2.59. The van der Waals surface area contributed by atoms with Gasteiger partial charge in [0.2, 0.25) is 0 Å². The lowest BCUT2D eigenvalue weighted by atomic mass is 9.80. The van der Waals surface area contributed by atoms with Crippen molar-refractivity contribution in [2.75, 3.05) is 0 Å². The van der Waals surface area contributed by atoms with E-state index in [2.05, 4.69) is 22.6 Å². The monoisotopic (exact) mass is 219 g/mol. The molecule has 0 spiro atoms. The second kappa shape index (κ2) is 5.08. The van der Waals surface area contributed by atoms with Crippen LogP contribution in [-0.4, -0.2) is 21.0 Å². The second-order valence-corrected chi connectivity index (χ2v) is 4.43. The van der Waals surface area contributed by atoms with Crippen molar-refractivity contribution in [3.05, 3.63) is 11.9 Å². The van der Waals surface area contributed by atoms with Gasteiger partial charge < -0.3 is 5.32 Å². The van der Waals surface area contributed by atoms with E-state index in [1.54, 1.807) is 4.68 Å². The number of nitrogens with zero attached hydrogens (tertiary/aromatic N) is 4. The van der Waals surface area contributed by atoms with Crippen LogP contribution in [0.1, 0.15) is 31.9 Å². The molecule has 1 aliphatic rings. The third-order valence-corrected chi connectivity index (χ3v) is 3.28. The number of nitrogens with one attached hydrogen (secondary N) is 1. The predicted octanol–water partition coefficient (Wildman–Crippen LogP) is 1.08. The van der Waals surface area contributed by atoms with Gasteiger partial charge in [-0.3, -0.25) is 0 Å². The number of hydrogen-bond donors (Lipinski definition) is 1. The zero-order valence-corrected chi connectivity index (χ0v) is 9.56. The molecule has 0 radical (unpaired) electrons. The Labute approximate surface area is 95.4 Å². The van der Waals surface area contributed by atoms with Crippen LogP contribution in [0.2, 0.25) is 0 Å². The summed E-state index contributed by atoms with van der Waals surface area (Å²) in [7, 11) is 0. The van der Waals surface area contributed by atoms with Gasteiger partial charge >= 0.3 is 0 Å². The van der Waals surface area contributed by atoms with Crippen LogP contribution in [0.15, 0.2) is 6.20 Å². The minimum atomic E-state index is 0.269. The van der Waals surface area contributed by atoms with Crippen molar-refractivity contribution < 1.29 is 0 Å². The molecule has 2 rings (SSSR count). The van der Waals surface area contributed by atoms with Crippen LogP contribution in [0.5, 0.6) is 0 Å². The molecule has 0 bridgehead atoms. The van der Waals surface area contributed by atoms with Gasteiger partial charge in [-0.25, -0.2) is 4.68 Å². The summed E-state index contributed by atoms with van der Waals surface area (Å²) in [5, 5.41) is 19.8. The Bertz CT molecular complexity index is 374. The minimum Gasteiger partial charge on any atom is -0.308 e. The molecule has 0 saturated heterocycles. The zero-order valence-electron chi connectivity index (χ0n) is 9.56. The van der Waals surface area contributed by atoms with Crippen molar-refractivity contribution in [2.24, 2.45) is 5.92 Å². The Morgan fingerprint density at radius 3 is 3.12 bits per heavy atom. The average Bonchev–Trinajstić information content (AvgIpc) is 2.61. The number of aromatic nitrogens is 3. The van der Waals surface area contributed by atoms with Crippen LogP contribution in [0.25, 0.3) is 0 Å². The molecule has 1 fully saturated rings. The molecule has 1 saturated carbocycles. The van der Waals surface area contributed by atoms with Gasteiger partial charge in [0.25, 0.3) is 0 Å². The lowest BCUT2D eigenvalue weighted by Gasteiger charge is -2.31. The molecule has 5 heteroatoms. The summed E-state index contributed by atoms with van der Waals surface area (Å²) in [5.41, 5.74) is 0.904. The first-order valence-electron chi connectivity index (χ1n) is 5.79. The fourth-order valence-electron chi connectivity index (χ4n) is 1.94. The molecule has 1 aliphatic carbocycles. The number of rotatable bonds is 5. The quantitative estimate of drug-likeness (QED) is 0.804. The molecule has 1 atom stereocenters. The fourth-order valence-corrected chi connectivity index (χ4v) is 1.94. The first-order chi connectivity index (χ1) is 7.79. The van der Waals surface area contributed by atoms with E-state index in [1.807, 2.05) is 12.3 Å². The first-order valence-corrected chi connectivity index (χ1v) is 5.79. The predicted molar refractivity (Wildman–Crippen MR) is 59.3 cm³/mol. The van der Waals surface area contributed by atoms with E-state index in [0.29, 0.717) is 6.04 Å². The zero-order chi connectivity index (χ0) is 11.4. The van der Waals surface area contributed by atoms with Crippen molar-refractivity contribution in [2.45, 2.75) is 45.3 Å². The summed E-state index contributed by atoms with van der Waals surface area (Å²) in [5.74, 6) is 0.828. The smallest absolute Gasteiger partial charge is 0.129 e. The van der Waals surface area contributed by atoms with E-state index in [-0.39, 0.29) is 6.54 Å². The lowest BCUT2D eigenvalue weighted by molar-refractivity contribution is 0.239. The van der Waals surface area contributed by atoms with Gasteiger partial charge in [0, 0.05) is 12.6 Å². The molecule has 1 aromatic rings. The maximum atomic E-state index is 8.51. The SMILES string of the molecule is CC(NCc1cn(CC#N)nn1)C1CCC1.